The average Bonchev–Trinajstić information content (AvgIpc) is 2.46. The van der Waals surface area contributed by atoms with Gasteiger partial charge in [0.05, 0.1) is 19.9 Å². The van der Waals surface area contributed by atoms with Crippen molar-refractivity contribution in [3.05, 3.63) is 18.2 Å². The summed E-state index contributed by atoms with van der Waals surface area (Å²) in [7, 11) is 3.11. The molecular formula is C12H14N4O2S. The second-order valence-electron chi connectivity index (χ2n) is 3.62. The largest absolute Gasteiger partial charge is 0.480 e. The van der Waals surface area contributed by atoms with E-state index in [-0.39, 0.29) is 0 Å². The first-order valence-electron chi connectivity index (χ1n) is 5.52. The van der Waals surface area contributed by atoms with Crippen molar-refractivity contribution in [3.8, 4) is 22.9 Å². The molecule has 0 fully saturated rings. The molecule has 2 rings (SSSR count). The van der Waals surface area contributed by atoms with Gasteiger partial charge in [0.2, 0.25) is 11.8 Å². The molecular weight excluding hydrogens is 264 g/mol. The van der Waals surface area contributed by atoms with Gasteiger partial charge in [0, 0.05) is 11.8 Å². The smallest absolute Gasteiger partial charge is 0.228 e. The minimum atomic E-state index is 0.440. The SMILES string of the molecule is COc1ncnc(OC)c1-c1cnc(SC)nc1C. The molecule has 19 heavy (non-hydrogen) atoms. The van der Waals surface area contributed by atoms with Gasteiger partial charge < -0.3 is 9.47 Å². The van der Waals surface area contributed by atoms with Crippen molar-refractivity contribution in [1.29, 1.82) is 0 Å². The Balaban J connectivity index is 2.63. The third kappa shape index (κ3) is 2.60. The molecule has 0 atom stereocenters. The number of methoxy groups -OCH3 is 2. The second kappa shape index (κ2) is 5.83. The Morgan fingerprint density at radius 2 is 1.68 bits per heavy atom. The van der Waals surface area contributed by atoms with Crippen LogP contribution in [0.4, 0.5) is 0 Å². The second-order valence-corrected chi connectivity index (χ2v) is 4.40. The highest BCUT2D eigenvalue weighted by molar-refractivity contribution is 7.98. The van der Waals surface area contributed by atoms with Gasteiger partial charge in [-0.05, 0) is 13.2 Å². The molecule has 7 heteroatoms. The summed E-state index contributed by atoms with van der Waals surface area (Å²) in [5, 5.41) is 0.719. The summed E-state index contributed by atoms with van der Waals surface area (Å²) in [6, 6.07) is 0. The van der Waals surface area contributed by atoms with E-state index >= 15 is 0 Å². The first kappa shape index (κ1) is 13.5. The van der Waals surface area contributed by atoms with E-state index < -0.39 is 0 Å². The first-order valence-corrected chi connectivity index (χ1v) is 6.74. The molecule has 0 bridgehead atoms. The number of rotatable bonds is 4. The lowest BCUT2D eigenvalue weighted by atomic mass is 10.1. The maximum atomic E-state index is 5.26. The van der Waals surface area contributed by atoms with E-state index in [1.165, 1.54) is 18.1 Å². The highest BCUT2D eigenvalue weighted by Crippen LogP contribution is 2.36. The van der Waals surface area contributed by atoms with E-state index in [0.717, 1.165) is 16.4 Å². The standard InChI is InChI=1S/C12H14N4O2S/c1-7-8(5-13-12(16-7)19-4)9-10(17-2)14-6-15-11(9)18-3/h5-6H,1-4H3. The Labute approximate surface area is 115 Å². The van der Waals surface area contributed by atoms with Gasteiger partial charge in [0.25, 0.3) is 0 Å². The van der Waals surface area contributed by atoms with Gasteiger partial charge in [-0.3, -0.25) is 0 Å². The van der Waals surface area contributed by atoms with E-state index in [1.807, 2.05) is 13.2 Å². The van der Waals surface area contributed by atoms with Crippen LogP contribution in [0, 0.1) is 6.92 Å². The Bertz CT molecular complexity index is 570. The summed E-state index contributed by atoms with van der Waals surface area (Å²) in [6.07, 6.45) is 5.06. The third-order valence-electron chi connectivity index (χ3n) is 2.57. The third-order valence-corrected chi connectivity index (χ3v) is 3.14. The Morgan fingerprint density at radius 3 is 2.16 bits per heavy atom. The van der Waals surface area contributed by atoms with Crippen LogP contribution in [-0.2, 0) is 0 Å². The van der Waals surface area contributed by atoms with Crippen LogP contribution in [0.25, 0.3) is 11.1 Å². The molecule has 0 unspecified atom stereocenters. The number of hydrogen-bond acceptors (Lipinski definition) is 7. The Hall–Kier alpha value is -1.89. The number of ether oxygens (including phenoxy) is 2. The van der Waals surface area contributed by atoms with Crippen LogP contribution < -0.4 is 9.47 Å². The summed E-state index contributed by atoms with van der Waals surface area (Å²) in [5.41, 5.74) is 2.29. The van der Waals surface area contributed by atoms with Crippen molar-refractivity contribution < 1.29 is 9.47 Å². The fourth-order valence-electron chi connectivity index (χ4n) is 1.68. The maximum Gasteiger partial charge on any atom is 0.228 e. The lowest BCUT2D eigenvalue weighted by Gasteiger charge is -2.12. The number of thioether (sulfide) groups is 1. The predicted octanol–water partition coefficient (Wildman–Crippen LogP) is 1.98. The van der Waals surface area contributed by atoms with Crippen molar-refractivity contribution in [2.75, 3.05) is 20.5 Å². The molecule has 0 aliphatic heterocycles. The molecule has 0 aromatic carbocycles. The minimum absolute atomic E-state index is 0.440. The van der Waals surface area contributed by atoms with Crippen molar-refractivity contribution in [1.82, 2.24) is 19.9 Å². The van der Waals surface area contributed by atoms with Gasteiger partial charge in [0.1, 0.15) is 11.9 Å². The van der Waals surface area contributed by atoms with Crippen molar-refractivity contribution in [2.24, 2.45) is 0 Å². The van der Waals surface area contributed by atoms with E-state index in [9.17, 15) is 0 Å². The molecule has 0 aliphatic rings. The van der Waals surface area contributed by atoms with Crippen LogP contribution in [0.3, 0.4) is 0 Å². The summed E-state index contributed by atoms with van der Waals surface area (Å²) in [6.45, 7) is 1.91. The van der Waals surface area contributed by atoms with Crippen LogP contribution in [0.2, 0.25) is 0 Å². The Kier molecular flexibility index (Phi) is 4.16. The van der Waals surface area contributed by atoms with E-state index in [1.54, 1.807) is 20.4 Å². The topological polar surface area (TPSA) is 70.0 Å². The molecule has 0 aliphatic carbocycles. The lowest BCUT2D eigenvalue weighted by Crippen LogP contribution is -2.01. The molecule has 2 aromatic heterocycles. The molecule has 0 spiro atoms. The lowest BCUT2D eigenvalue weighted by molar-refractivity contribution is 0.375. The average molecular weight is 278 g/mol. The van der Waals surface area contributed by atoms with Crippen LogP contribution in [-0.4, -0.2) is 40.4 Å². The van der Waals surface area contributed by atoms with Crippen LogP contribution >= 0.6 is 11.8 Å². The highest BCUT2D eigenvalue weighted by Gasteiger charge is 2.18. The monoisotopic (exact) mass is 278 g/mol. The Morgan fingerprint density at radius 1 is 1.05 bits per heavy atom. The molecule has 6 nitrogen and oxygen atoms in total. The number of hydrogen-bond donors (Lipinski definition) is 0. The summed E-state index contributed by atoms with van der Waals surface area (Å²) in [5.74, 6) is 0.880. The maximum absolute atomic E-state index is 5.26. The molecule has 2 heterocycles. The van der Waals surface area contributed by atoms with Crippen LogP contribution in [0.1, 0.15) is 5.69 Å². The molecule has 100 valence electrons. The normalized spacial score (nSPS) is 10.3. The summed E-state index contributed by atoms with van der Waals surface area (Å²) < 4.78 is 10.5. The fraction of sp³-hybridized carbons (Fsp3) is 0.333. The molecule has 0 radical (unpaired) electrons. The van der Waals surface area contributed by atoms with Gasteiger partial charge in [0.15, 0.2) is 5.16 Å². The number of aromatic nitrogens is 4. The number of nitrogens with zero attached hydrogens (tertiary/aromatic N) is 4. The number of aryl methyl sites for hydroxylation is 1. The predicted molar refractivity (Wildman–Crippen MR) is 72.7 cm³/mol. The quantitative estimate of drug-likeness (QED) is 0.625. The fourth-order valence-corrected chi connectivity index (χ4v) is 2.07. The summed E-state index contributed by atoms with van der Waals surface area (Å²) in [4.78, 5) is 16.9. The molecule has 0 saturated heterocycles. The molecule has 0 saturated carbocycles. The van der Waals surface area contributed by atoms with Crippen molar-refractivity contribution in [3.63, 3.8) is 0 Å². The minimum Gasteiger partial charge on any atom is -0.480 e. The van der Waals surface area contributed by atoms with E-state index in [0.29, 0.717) is 17.3 Å². The molecule has 0 N–H and O–H groups in total. The van der Waals surface area contributed by atoms with Gasteiger partial charge in [-0.25, -0.2) is 19.9 Å². The summed E-state index contributed by atoms with van der Waals surface area (Å²) >= 11 is 1.49. The van der Waals surface area contributed by atoms with Gasteiger partial charge in [-0.2, -0.15) is 0 Å². The first-order chi connectivity index (χ1) is 9.21. The zero-order chi connectivity index (χ0) is 13.8. The van der Waals surface area contributed by atoms with Gasteiger partial charge >= 0.3 is 0 Å². The van der Waals surface area contributed by atoms with Crippen LogP contribution in [0.15, 0.2) is 17.7 Å². The van der Waals surface area contributed by atoms with Crippen molar-refractivity contribution in [2.45, 2.75) is 12.1 Å². The van der Waals surface area contributed by atoms with E-state index in [4.69, 9.17) is 9.47 Å². The van der Waals surface area contributed by atoms with Crippen molar-refractivity contribution >= 4 is 11.8 Å². The zero-order valence-electron chi connectivity index (χ0n) is 11.2. The van der Waals surface area contributed by atoms with Gasteiger partial charge in [-0.1, -0.05) is 11.8 Å². The molecule has 0 amide bonds. The van der Waals surface area contributed by atoms with E-state index in [2.05, 4.69) is 19.9 Å². The zero-order valence-corrected chi connectivity index (χ0v) is 12.0. The van der Waals surface area contributed by atoms with Crippen LogP contribution in [0.5, 0.6) is 11.8 Å². The molecule has 2 aromatic rings. The van der Waals surface area contributed by atoms with Gasteiger partial charge in [-0.15, -0.1) is 0 Å². The highest BCUT2D eigenvalue weighted by atomic mass is 32.2.